The van der Waals surface area contributed by atoms with Crippen molar-refractivity contribution in [3.63, 3.8) is 0 Å². The van der Waals surface area contributed by atoms with Gasteiger partial charge in [-0.05, 0) is 0 Å². The van der Waals surface area contributed by atoms with E-state index in [1.54, 1.807) is 18.2 Å². The Kier molecular flexibility index (Phi) is 3.34. The molecule has 1 aromatic rings. The highest BCUT2D eigenvalue weighted by molar-refractivity contribution is 5.82. The number of nitro groups is 1. The molecule has 1 fully saturated rings. The summed E-state index contributed by atoms with van der Waals surface area (Å²) in [6.07, 6.45) is 0.336. The van der Waals surface area contributed by atoms with Gasteiger partial charge >= 0.3 is 0 Å². The number of carbonyl (C=O) groups excluding carboxylic acids is 1. The first kappa shape index (κ1) is 11.5. The minimum absolute atomic E-state index is 0.0627. The average molecular weight is 235 g/mol. The van der Waals surface area contributed by atoms with Crippen LogP contribution in [-0.2, 0) is 11.2 Å². The van der Waals surface area contributed by atoms with E-state index in [1.165, 1.54) is 6.07 Å². The second-order valence-electron chi connectivity index (χ2n) is 3.89. The molecule has 1 atom stereocenters. The summed E-state index contributed by atoms with van der Waals surface area (Å²) in [5, 5.41) is 16.6. The Morgan fingerprint density at radius 2 is 2.12 bits per heavy atom. The summed E-state index contributed by atoms with van der Waals surface area (Å²) in [6, 6.07) is 6.11. The van der Waals surface area contributed by atoms with Crippen LogP contribution in [0.1, 0.15) is 5.56 Å². The van der Waals surface area contributed by atoms with E-state index in [-0.39, 0.29) is 17.6 Å². The topological polar surface area (TPSA) is 84.3 Å². The largest absolute Gasteiger partial charge is 0.353 e. The number of piperazine rings is 1. The Labute approximate surface area is 98.2 Å². The van der Waals surface area contributed by atoms with Crippen molar-refractivity contribution in [1.29, 1.82) is 0 Å². The van der Waals surface area contributed by atoms with Crippen LogP contribution >= 0.6 is 0 Å². The van der Waals surface area contributed by atoms with Gasteiger partial charge in [0.05, 0.1) is 11.0 Å². The van der Waals surface area contributed by atoms with Gasteiger partial charge in [0.25, 0.3) is 5.69 Å². The van der Waals surface area contributed by atoms with E-state index in [9.17, 15) is 14.9 Å². The highest BCUT2D eigenvalue weighted by Crippen LogP contribution is 2.19. The van der Waals surface area contributed by atoms with E-state index in [0.29, 0.717) is 25.1 Å². The number of hydrogen-bond donors (Lipinski definition) is 2. The molecule has 2 rings (SSSR count). The summed E-state index contributed by atoms with van der Waals surface area (Å²) >= 11 is 0. The molecule has 1 amide bonds. The minimum atomic E-state index is -0.421. The van der Waals surface area contributed by atoms with E-state index < -0.39 is 4.92 Å². The number of rotatable bonds is 3. The third-order valence-electron chi connectivity index (χ3n) is 2.74. The zero-order valence-electron chi connectivity index (χ0n) is 9.18. The molecule has 2 N–H and O–H groups in total. The normalized spacial score (nSPS) is 19.8. The van der Waals surface area contributed by atoms with Crippen molar-refractivity contribution in [2.45, 2.75) is 12.5 Å². The quantitative estimate of drug-likeness (QED) is 0.580. The summed E-state index contributed by atoms with van der Waals surface area (Å²) in [4.78, 5) is 21.9. The van der Waals surface area contributed by atoms with Crippen LogP contribution in [0.4, 0.5) is 5.69 Å². The van der Waals surface area contributed by atoms with E-state index in [4.69, 9.17) is 0 Å². The summed E-state index contributed by atoms with van der Waals surface area (Å²) in [5.74, 6) is -0.102. The second kappa shape index (κ2) is 4.92. The molecule has 1 aliphatic heterocycles. The van der Waals surface area contributed by atoms with Gasteiger partial charge < -0.3 is 10.6 Å². The van der Waals surface area contributed by atoms with Gasteiger partial charge in [0.2, 0.25) is 5.91 Å². The molecule has 6 nitrogen and oxygen atoms in total. The lowest BCUT2D eigenvalue weighted by atomic mass is 10.0. The number of nitro benzene ring substituents is 1. The molecule has 0 saturated carbocycles. The predicted molar refractivity (Wildman–Crippen MR) is 61.6 cm³/mol. The molecule has 0 bridgehead atoms. The summed E-state index contributed by atoms with van der Waals surface area (Å²) < 4.78 is 0. The third-order valence-corrected chi connectivity index (χ3v) is 2.74. The molecule has 1 saturated heterocycles. The van der Waals surface area contributed by atoms with E-state index in [1.807, 2.05) is 0 Å². The summed E-state index contributed by atoms with van der Waals surface area (Å²) in [6.45, 7) is 1.29. The van der Waals surface area contributed by atoms with Crippen LogP contribution in [0.3, 0.4) is 0 Å². The molecular formula is C11H13N3O3. The molecule has 0 aromatic heterocycles. The van der Waals surface area contributed by atoms with Gasteiger partial charge in [0.1, 0.15) is 0 Å². The van der Waals surface area contributed by atoms with Crippen molar-refractivity contribution >= 4 is 11.6 Å². The monoisotopic (exact) mass is 235 g/mol. The lowest BCUT2D eigenvalue weighted by Crippen LogP contribution is -2.53. The van der Waals surface area contributed by atoms with Gasteiger partial charge in [-0.25, -0.2) is 0 Å². The maximum atomic E-state index is 11.5. The van der Waals surface area contributed by atoms with Crippen molar-refractivity contribution < 1.29 is 9.72 Å². The number of amides is 1. The minimum Gasteiger partial charge on any atom is -0.353 e. The average Bonchev–Trinajstić information content (AvgIpc) is 2.32. The fraction of sp³-hybridized carbons (Fsp3) is 0.364. The zero-order chi connectivity index (χ0) is 12.3. The van der Waals surface area contributed by atoms with E-state index in [2.05, 4.69) is 10.6 Å². The van der Waals surface area contributed by atoms with Crippen LogP contribution in [0.15, 0.2) is 24.3 Å². The van der Waals surface area contributed by atoms with Gasteiger partial charge in [0.15, 0.2) is 0 Å². The molecule has 1 aliphatic rings. The summed E-state index contributed by atoms with van der Waals surface area (Å²) in [7, 11) is 0. The Bertz CT molecular complexity index is 447. The zero-order valence-corrected chi connectivity index (χ0v) is 9.18. The van der Waals surface area contributed by atoms with Crippen LogP contribution in [0.5, 0.6) is 0 Å². The standard InChI is InChI=1S/C11H13N3O3/c15-11-9(12-5-6-13-11)7-8-3-1-2-4-10(8)14(16)17/h1-4,9,12H,5-7H2,(H,13,15)/t9-/m0/s1. The first-order valence-corrected chi connectivity index (χ1v) is 5.42. The summed E-state index contributed by atoms with van der Waals surface area (Å²) in [5.41, 5.74) is 0.639. The van der Waals surface area contributed by atoms with Gasteiger partial charge in [-0.2, -0.15) is 0 Å². The number of nitrogens with zero attached hydrogens (tertiary/aromatic N) is 1. The highest BCUT2D eigenvalue weighted by atomic mass is 16.6. The fourth-order valence-electron chi connectivity index (χ4n) is 1.89. The molecule has 17 heavy (non-hydrogen) atoms. The second-order valence-corrected chi connectivity index (χ2v) is 3.89. The Morgan fingerprint density at radius 3 is 2.82 bits per heavy atom. The van der Waals surface area contributed by atoms with Crippen molar-refractivity contribution in [1.82, 2.24) is 10.6 Å². The molecule has 6 heteroatoms. The third kappa shape index (κ3) is 2.59. The van der Waals surface area contributed by atoms with Crippen molar-refractivity contribution in [3.8, 4) is 0 Å². The lowest BCUT2D eigenvalue weighted by Gasteiger charge is -2.23. The number of benzene rings is 1. The fourth-order valence-corrected chi connectivity index (χ4v) is 1.89. The SMILES string of the molecule is O=C1NCCN[C@H]1Cc1ccccc1[N+](=O)[O-]. The smallest absolute Gasteiger partial charge is 0.272 e. The molecule has 0 aliphatic carbocycles. The van der Waals surface area contributed by atoms with Crippen molar-refractivity contribution in [3.05, 3.63) is 39.9 Å². The molecule has 0 spiro atoms. The Hall–Kier alpha value is -1.95. The number of para-hydroxylation sites is 1. The number of hydrogen-bond acceptors (Lipinski definition) is 4. The molecule has 1 aromatic carbocycles. The number of nitrogens with one attached hydrogen (secondary N) is 2. The van der Waals surface area contributed by atoms with E-state index >= 15 is 0 Å². The van der Waals surface area contributed by atoms with Crippen LogP contribution in [0, 0.1) is 10.1 Å². The highest BCUT2D eigenvalue weighted by Gasteiger charge is 2.24. The van der Waals surface area contributed by atoms with Gasteiger partial charge in [-0.3, -0.25) is 14.9 Å². The molecule has 0 radical (unpaired) electrons. The van der Waals surface area contributed by atoms with Gasteiger partial charge in [0, 0.05) is 31.1 Å². The van der Waals surface area contributed by atoms with Crippen LogP contribution in [0.25, 0.3) is 0 Å². The van der Waals surface area contributed by atoms with Crippen molar-refractivity contribution in [2.75, 3.05) is 13.1 Å². The van der Waals surface area contributed by atoms with Crippen LogP contribution in [0.2, 0.25) is 0 Å². The molecular weight excluding hydrogens is 222 g/mol. The lowest BCUT2D eigenvalue weighted by molar-refractivity contribution is -0.385. The number of carbonyl (C=O) groups is 1. The Balaban J connectivity index is 2.17. The Morgan fingerprint density at radius 1 is 1.35 bits per heavy atom. The molecule has 1 heterocycles. The van der Waals surface area contributed by atoms with Gasteiger partial charge in [-0.15, -0.1) is 0 Å². The van der Waals surface area contributed by atoms with Crippen LogP contribution < -0.4 is 10.6 Å². The predicted octanol–water partition coefficient (Wildman–Crippen LogP) is 0.225. The molecule has 90 valence electrons. The first-order valence-electron chi connectivity index (χ1n) is 5.42. The maximum absolute atomic E-state index is 11.5. The van der Waals surface area contributed by atoms with Crippen molar-refractivity contribution in [2.24, 2.45) is 0 Å². The molecule has 0 unspecified atom stereocenters. The van der Waals surface area contributed by atoms with Gasteiger partial charge in [-0.1, -0.05) is 18.2 Å². The van der Waals surface area contributed by atoms with Crippen LogP contribution in [-0.4, -0.2) is 30.0 Å². The first-order chi connectivity index (χ1) is 8.18. The van der Waals surface area contributed by atoms with E-state index in [0.717, 1.165) is 0 Å². The maximum Gasteiger partial charge on any atom is 0.272 e.